The summed E-state index contributed by atoms with van der Waals surface area (Å²) in [6.45, 7) is 7.42. The van der Waals surface area contributed by atoms with Crippen molar-refractivity contribution in [1.29, 1.82) is 0 Å². The van der Waals surface area contributed by atoms with Gasteiger partial charge in [0.1, 0.15) is 0 Å². The van der Waals surface area contributed by atoms with Crippen LogP contribution >= 0.6 is 0 Å². The predicted octanol–water partition coefficient (Wildman–Crippen LogP) is 7.25. The van der Waals surface area contributed by atoms with Crippen LogP contribution in [-0.4, -0.2) is 47.5 Å². The Balaban J connectivity index is 1.32. The first-order valence-corrected chi connectivity index (χ1v) is 14.3. The van der Waals surface area contributed by atoms with Crippen LogP contribution in [0.4, 0.5) is 0 Å². The Kier molecular flexibility index (Phi) is 9.00. The van der Waals surface area contributed by atoms with E-state index in [-0.39, 0.29) is 23.7 Å². The number of Topliss-reactive ketones (excluding diaryl/α,β-unsaturated/α-hetero) is 2. The van der Waals surface area contributed by atoms with E-state index in [4.69, 9.17) is 0 Å². The Hall–Kier alpha value is -3.86. The summed E-state index contributed by atoms with van der Waals surface area (Å²) in [5.41, 5.74) is 6.19. The highest BCUT2D eigenvalue weighted by Gasteiger charge is 2.31. The maximum Gasteiger partial charge on any atom is 0.164 e. The lowest BCUT2D eigenvalue weighted by Crippen LogP contribution is -2.49. The summed E-state index contributed by atoms with van der Waals surface area (Å²) in [4.78, 5) is 31.6. The number of hydrogen-bond acceptors (Lipinski definition) is 4. The summed E-state index contributed by atoms with van der Waals surface area (Å²) in [7, 11) is 0. The maximum absolute atomic E-state index is 13.3. The molecule has 0 aliphatic carbocycles. The van der Waals surface area contributed by atoms with E-state index in [2.05, 4.69) is 58.3 Å². The van der Waals surface area contributed by atoms with E-state index in [0.717, 1.165) is 48.4 Å². The van der Waals surface area contributed by atoms with Crippen LogP contribution in [0.2, 0.25) is 0 Å². The molecule has 0 aromatic heterocycles. The Morgan fingerprint density at radius 2 is 0.850 bits per heavy atom. The van der Waals surface area contributed by atoms with Crippen LogP contribution in [0.15, 0.2) is 109 Å². The van der Waals surface area contributed by atoms with E-state index in [9.17, 15) is 9.59 Å². The molecule has 4 aromatic carbocycles. The lowest BCUT2D eigenvalue weighted by atomic mass is 9.94. The molecule has 0 spiro atoms. The molecule has 1 aliphatic heterocycles. The lowest BCUT2D eigenvalue weighted by molar-refractivity contribution is 0.0557. The molecule has 4 heteroatoms. The van der Waals surface area contributed by atoms with Gasteiger partial charge >= 0.3 is 0 Å². The molecule has 0 N–H and O–H groups in total. The Morgan fingerprint density at radius 3 is 1.18 bits per heavy atom. The Bertz CT molecular complexity index is 1280. The third-order valence-electron chi connectivity index (χ3n) is 8.10. The van der Waals surface area contributed by atoms with Crippen molar-refractivity contribution >= 4 is 11.6 Å². The van der Waals surface area contributed by atoms with E-state index >= 15 is 0 Å². The quantitative estimate of drug-likeness (QED) is 0.203. The van der Waals surface area contributed by atoms with Crippen molar-refractivity contribution < 1.29 is 9.59 Å². The van der Waals surface area contributed by atoms with Gasteiger partial charge in [0.15, 0.2) is 11.6 Å². The van der Waals surface area contributed by atoms with E-state index in [1.807, 2.05) is 74.5 Å². The van der Waals surface area contributed by atoms with Gasteiger partial charge in [0, 0.05) is 62.2 Å². The molecule has 0 radical (unpaired) electrons. The van der Waals surface area contributed by atoms with Crippen LogP contribution in [0, 0.1) is 13.8 Å². The zero-order valence-corrected chi connectivity index (χ0v) is 23.5. The molecule has 2 unspecified atom stereocenters. The summed E-state index contributed by atoms with van der Waals surface area (Å²) in [5.74, 6) is 0.337. The van der Waals surface area contributed by atoms with Gasteiger partial charge in [-0.1, -0.05) is 120 Å². The van der Waals surface area contributed by atoms with Gasteiger partial charge in [-0.15, -0.1) is 0 Å². The van der Waals surface area contributed by atoms with Gasteiger partial charge in [-0.3, -0.25) is 19.4 Å². The molecular formula is C36H38N2O2. The monoisotopic (exact) mass is 530 g/mol. The minimum atomic E-state index is 0.0153. The molecule has 1 fully saturated rings. The van der Waals surface area contributed by atoms with Crippen molar-refractivity contribution in [2.75, 3.05) is 26.2 Å². The number of carbonyl (C=O) groups excluding carboxylic acids is 2. The first-order valence-electron chi connectivity index (χ1n) is 14.3. The summed E-state index contributed by atoms with van der Waals surface area (Å²) in [6.07, 6.45) is 0.891. The highest BCUT2D eigenvalue weighted by molar-refractivity contribution is 5.97. The molecule has 0 amide bonds. The van der Waals surface area contributed by atoms with E-state index in [1.165, 1.54) is 11.1 Å². The Labute approximate surface area is 238 Å². The normalized spacial score (nSPS) is 15.8. The summed E-state index contributed by atoms with van der Waals surface area (Å²) >= 11 is 0. The molecule has 40 heavy (non-hydrogen) atoms. The van der Waals surface area contributed by atoms with Crippen molar-refractivity contribution in [3.63, 3.8) is 0 Å². The molecular weight excluding hydrogens is 492 g/mol. The van der Waals surface area contributed by atoms with E-state index in [0.29, 0.717) is 12.8 Å². The molecule has 0 saturated carbocycles. The lowest BCUT2D eigenvalue weighted by Gasteiger charge is -2.42. The highest BCUT2D eigenvalue weighted by atomic mass is 16.1. The highest BCUT2D eigenvalue weighted by Crippen LogP contribution is 2.31. The predicted molar refractivity (Wildman–Crippen MR) is 162 cm³/mol. The number of hydrogen-bond donors (Lipinski definition) is 0. The van der Waals surface area contributed by atoms with Crippen LogP contribution in [-0.2, 0) is 0 Å². The van der Waals surface area contributed by atoms with Crippen LogP contribution < -0.4 is 0 Å². The molecule has 0 bridgehead atoms. The fourth-order valence-electron chi connectivity index (χ4n) is 5.69. The average Bonchev–Trinajstić information content (AvgIpc) is 3.00. The molecule has 4 nitrogen and oxygen atoms in total. The molecule has 4 aromatic rings. The topological polar surface area (TPSA) is 40.6 Å². The minimum Gasteiger partial charge on any atom is -0.294 e. The van der Waals surface area contributed by atoms with Gasteiger partial charge in [-0.05, 0) is 25.0 Å². The van der Waals surface area contributed by atoms with Crippen molar-refractivity contribution in [1.82, 2.24) is 9.80 Å². The molecule has 204 valence electrons. The second-order valence-corrected chi connectivity index (χ2v) is 10.9. The first kappa shape index (κ1) is 27.7. The van der Waals surface area contributed by atoms with Gasteiger partial charge < -0.3 is 0 Å². The number of carbonyl (C=O) groups is 2. The number of ketones is 2. The van der Waals surface area contributed by atoms with Gasteiger partial charge in [-0.25, -0.2) is 0 Å². The van der Waals surface area contributed by atoms with Crippen LogP contribution in [0.1, 0.15) is 67.9 Å². The van der Waals surface area contributed by atoms with E-state index < -0.39 is 0 Å². The molecule has 1 heterocycles. The summed E-state index contributed by atoms with van der Waals surface area (Å²) < 4.78 is 0. The fourth-order valence-corrected chi connectivity index (χ4v) is 5.69. The SMILES string of the molecule is Cc1ccc(C(=O)CC(c2ccccc2)N2CCN(C(CC(=O)c3ccc(C)cc3)c3ccccc3)CC2)cc1. The second-order valence-electron chi connectivity index (χ2n) is 10.9. The van der Waals surface area contributed by atoms with E-state index in [1.54, 1.807) is 0 Å². The van der Waals surface area contributed by atoms with Crippen LogP contribution in [0.5, 0.6) is 0 Å². The maximum atomic E-state index is 13.3. The van der Waals surface area contributed by atoms with Gasteiger partial charge in [0.2, 0.25) is 0 Å². The molecule has 1 saturated heterocycles. The number of rotatable bonds is 10. The summed E-state index contributed by atoms with van der Waals surface area (Å²) in [5, 5.41) is 0. The van der Waals surface area contributed by atoms with Crippen LogP contribution in [0.3, 0.4) is 0 Å². The van der Waals surface area contributed by atoms with Crippen LogP contribution in [0.25, 0.3) is 0 Å². The standard InChI is InChI=1S/C36H38N2O2/c1-27-13-17-31(18-14-27)35(39)25-33(29-9-5-3-6-10-29)37-21-23-38(24-22-37)34(30-11-7-4-8-12-30)26-36(40)32-19-15-28(2)16-20-32/h3-20,33-34H,21-26H2,1-2H3. The second kappa shape index (κ2) is 13.0. The number of piperazine rings is 1. The molecule has 2 atom stereocenters. The third-order valence-corrected chi connectivity index (χ3v) is 8.10. The molecule has 1 aliphatic rings. The van der Waals surface area contributed by atoms with Crippen molar-refractivity contribution in [3.05, 3.63) is 143 Å². The fraction of sp³-hybridized carbons (Fsp3) is 0.278. The smallest absolute Gasteiger partial charge is 0.164 e. The van der Waals surface area contributed by atoms with Gasteiger partial charge in [0.25, 0.3) is 0 Å². The minimum absolute atomic E-state index is 0.0153. The third kappa shape index (κ3) is 6.82. The molecule has 5 rings (SSSR count). The van der Waals surface area contributed by atoms with Crippen molar-refractivity contribution in [2.24, 2.45) is 0 Å². The number of nitrogens with zero attached hydrogens (tertiary/aromatic N) is 2. The van der Waals surface area contributed by atoms with Gasteiger partial charge in [0.05, 0.1) is 0 Å². The van der Waals surface area contributed by atoms with Crippen molar-refractivity contribution in [2.45, 2.75) is 38.8 Å². The number of aryl methyl sites for hydroxylation is 2. The zero-order valence-electron chi connectivity index (χ0n) is 23.5. The largest absolute Gasteiger partial charge is 0.294 e. The zero-order chi connectivity index (χ0) is 27.9. The van der Waals surface area contributed by atoms with Gasteiger partial charge in [-0.2, -0.15) is 0 Å². The average molecular weight is 531 g/mol. The summed E-state index contributed by atoms with van der Waals surface area (Å²) in [6, 6.07) is 36.6. The first-order chi connectivity index (χ1) is 19.5. The Morgan fingerprint density at radius 1 is 0.525 bits per heavy atom. The van der Waals surface area contributed by atoms with Crippen molar-refractivity contribution in [3.8, 4) is 0 Å². The number of benzene rings is 4.